The smallest absolute Gasteiger partial charge is 0.191 e. The van der Waals surface area contributed by atoms with Gasteiger partial charge in [-0.3, -0.25) is 4.99 Å². The van der Waals surface area contributed by atoms with E-state index in [2.05, 4.69) is 32.0 Å². The Morgan fingerprint density at radius 3 is 2.79 bits per heavy atom. The summed E-state index contributed by atoms with van der Waals surface area (Å²) in [5.74, 6) is 1.75. The quantitative estimate of drug-likeness (QED) is 0.349. The van der Waals surface area contributed by atoms with Gasteiger partial charge in [0.1, 0.15) is 5.76 Å². The summed E-state index contributed by atoms with van der Waals surface area (Å²) in [6.45, 7) is 2.31. The number of anilines is 1. The van der Waals surface area contributed by atoms with Crippen molar-refractivity contribution < 1.29 is 4.42 Å². The van der Waals surface area contributed by atoms with Gasteiger partial charge in [0.15, 0.2) is 11.1 Å². The first-order valence-electron chi connectivity index (χ1n) is 7.91. The van der Waals surface area contributed by atoms with Crippen molar-refractivity contribution in [3.05, 3.63) is 48.4 Å². The van der Waals surface area contributed by atoms with Crippen molar-refractivity contribution in [2.75, 3.05) is 32.0 Å². The molecule has 0 radical (unpaired) electrons. The van der Waals surface area contributed by atoms with Gasteiger partial charge in [0, 0.05) is 33.1 Å². The molecule has 0 saturated heterocycles. The van der Waals surface area contributed by atoms with Gasteiger partial charge < -0.3 is 20.4 Å². The van der Waals surface area contributed by atoms with Crippen LogP contribution in [0.3, 0.4) is 0 Å². The molecule has 24 heavy (non-hydrogen) atoms. The average molecular weight is 343 g/mol. The summed E-state index contributed by atoms with van der Waals surface area (Å²) in [4.78, 5) is 8.76. The second-order valence-electron chi connectivity index (χ2n) is 5.17. The topological polar surface area (TPSA) is 74.5 Å². The average Bonchev–Trinajstić information content (AvgIpc) is 3.25. The van der Waals surface area contributed by atoms with E-state index in [0.717, 1.165) is 48.4 Å². The standard InChI is InChI=1S/C17H21N5OS/c1-18-16(19-9-8-13-5-4-12-23-13)20-10-11-21-17-22-14-6-2-3-7-15(14)24-17/h2-7,12H,8-11H2,1H3,(H,21,22)(H2,18,19,20). The summed E-state index contributed by atoms with van der Waals surface area (Å²) in [5.41, 5.74) is 1.04. The Kier molecular flexibility index (Phi) is 5.68. The molecule has 126 valence electrons. The fraction of sp³-hybridized carbons (Fsp3) is 0.294. The number of aliphatic imine (C=N–C) groups is 1. The summed E-state index contributed by atoms with van der Waals surface area (Å²) in [6, 6.07) is 12.0. The lowest BCUT2D eigenvalue weighted by Crippen LogP contribution is -2.40. The molecule has 0 bridgehead atoms. The summed E-state index contributed by atoms with van der Waals surface area (Å²) in [5, 5.41) is 10.8. The van der Waals surface area contributed by atoms with Gasteiger partial charge in [-0.2, -0.15) is 0 Å². The summed E-state index contributed by atoms with van der Waals surface area (Å²) in [7, 11) is 1.77. The highest BCUT2D eigenvalue weighted by Gasteiger charge is 2.02. The molecule has 0 saturated carbocycles. The van der Waals surface area contributed by atoms with E-state index >= 15 is 0 Å². The molecule has 7 heteroatoms. The maximum atomic E-state index is 5.31. The lowest BCUT2D eigenvalue weighted by Gasteiger charge is -2.11. The van der Waals surface area contributed by atoms with E-state index < -0.39 is 0 Å². The fourth-order valence-corrected chi connectivity index (χ4v) is 3.17. The number of benzene rings is 1. The van der Waals surface area contributed by atoms with E-state index in [4.69, 9.17) is 4.42 Å². The molecule has 2 heterocycles. The maximum absolute atomic E-state index is 5.31. The Morgan fingerprint density at radius 1 is 1.12 bits per heavy atom. The minimum Gasteiger partial charge on any atom is -0.469 e. The number of aromatic nitrogens is 1. The molecular weight excluding hydrogens is 322 g/mol. The number of furan rings is 1. The predicted molar refractivity (Wildman–Crippen MR) is 99.9 cm³/mol. The van der Waals surface area contributed by atoms with Crippen molar-refractivity contribution in [2.24, 2.45) is 4.99 Å². The van der Waals surface area contributed by atoms with E-state index in [9.17, 15) is 0 Å². The molecule has 3 aromatic rings. The molecule has 0 unspecified atom stereocenters. The van der Waals surface area contributed by atoms with Crippen LogP contribution in [-0.4, -0.2) is 37.6 Å². The third-order valence-electron chi connectivity index (χ3n) is 3.46. The predicted octanol–water partition coefficient (Wildman–Crippen LogP) is 2.71. The van der Waals surface area contributed by atoms with Crippen molar-refractivity contribution in [1.82, 2.24) is 15.6 Å². The molecular formula is C17H21N5OS. The zero-order valence-electron chi connectivity index (χ0n) is 13.6. The van der Waals surface area contributed by atoms with E-state index in [1.807, 2.05) is 30.3 Å². The van der Waals surface area contributed by atoms with Crippen molar-refractivity contribution in [2.45, 2.75) is 6.42 Å². The van der Waals surface area contributed by atoms with Crippen LogP contribution < -0.4 is 16.0 Å². The zero-order valence-corrected chi connectivity index (χ0v) is 14.4. The van der Waals surface area contributed by atoms with Crippen LogP contribution in [0, 0.1) is 0 Å². The number of guanidine groups is 1. The van der Waals surface area contributed by atoms with Crippen LogP contribution in [0.25, 0.3) is 10.2 Å². The molecule has 3 N–H and O–H groups in total. The van der Waals surface area contributed by atoms with Crippen molar-refractivity contribution in [3.63, 3.8) is 0 Å². The first-order valence-corrected chi connectivity index (χ1v) is 8.73. The van der Waals surface area contributed by atoms with Crippen LogP contribution in [-0.2, 0) is 6.42 Å². The van der Waals surface area contributed by atoms with Gasteiger partial charge >= 0.3 is 0 Å². The molecule has 0 aliphatic rings. The lowest BCUT2D eigenvalue weighted by atomic mass is 10.3. The molecule has 0 amide bonds. The number of rotatable bonds is 7. The number of nitrogens with zero attached hydrogens (tertiary/aromatic N) is 2. The number of thiazole rings is 1. The Morgan fingerprint density at radius 2 is 2.00 bits per heavy atom. The van der Waals surface area contributed by atoms with Gasteiger partial charge in [-0.1, -0.05) is 23.5 Å². The highest BCUT2D eigenvalue weighted by Crippen LogP contribution is 2.24. The molecule has 0 aliphatic heterocycles. The normalized spacial score (nSPS) is 11.6. The minimum absolute atomic E-state index is 0.760. The SMILES string of the molecule is CN=C(NCCNc1nc2ccccc2s1)NCCc1ccco1. The molecule has 1 aromatic carbocycles. The van der Waals surface area contributed by atoms with Crippen LogP contribution in [0.1, 0.15) is 5.76 Å². The lowest BCUT2D eigenvalue weighted by molar-refractivity contribution is 0.507. The molecule has 6 nitrogen and oxygen atoms in total. The number of para-hydroxylation sites is 1. The minimum atomic E-state index is 0.760. The van der Waals surface area contributed by atoms with Crippen molar-refractivity contribution >= 4 is 32.6 Å². The Balaban J connectivity index is 1.36. The van der Waals surface area contributed by atoms with Crippen LogP contribution in [0.5, 0.6) is 0 Å². The van der Waals surface area contributed by atoms with Gasteiger partial charge in [-0.15, -0.1) is 0 Å². The fourth-order valence-electron chi connectivity index (χ4n) is 2.28. The Hall–Kier alpha value is -2.54. The second kappa shape index (κ2) is 8.35. The van der Waals surface area contributed by atoms with E-state index in [1.165, 1.54) is 4.70 Å². The van der Waals surface area contributed by atoms with Crippen molar-refractivity contribution in [3.8, 4) is 0 Å². The van der Waals surface area contributed by atoms with Gasteiger partial charge in [0.2, 0.25) is 0 Å². The molecule has 0 atom stereocenters. The third-order valence-corrected chi connectivity index (χ3v) is 4.45. The molecule has 0 aliphatic carbocycles. The van der Waals surface area contributed by atoms with Crippen LogP contribution in [0.4, 0.5) is 5.13 Å². The van der Waals surface area contributed by atoms with Gasteiger partial charge in [-0.05, 0) is 24.3 Å². The largest absolute Gasteiger partial charge is 0.469 e. The molecule has 2 aromatic heterocycles. The first-order chi connectivity index (χ1) is 11.8. The maximum Gasteiger partial charge on any atom is 0.191 e. The first kappa shape index (κ1) is 16.3. The number of fused-ring (bicyclic) bond motifs is 1. The van der Waals surface area contributed by atoms with Gasteiger partial charge in [0.25, 0.3) is 0 Å². The van der Waals surface area contributed by atoms with E-state index in [1.54, 1.807) is 24.6 Å². The highest BCUT2D eigenvalue weighted by atomic mass is 32.1. The molecule has 0 fully saturated rings. The summed E-state index contributed by atoms with van der Waals surface area (Å²) < 4.78 is 6.50. The van der Waals surface area contributed by atoms with Crippen LogP contribution in [0.2, 0.25) is 0 Å². The number of hydrogen-bond donors (Lipinski definition) is 3. The highest BCUT2D eigenvalue weighted by molar-refractivity contribution is 7.22. The third kappa shape index (κ3) is 4.48. The number of nitrogens with one attached hydrogen (secondary N) is 3. The van der Waals surface area contributed by atoms with Gasteiger partial charge in [0.05, 0.1) is 16.5 Å². The molecule has 3 rings (SSSR count). The van der Waals surface area contributed by atoms with Crippen LogP contribution >= 0.6 is 11.3 Å². The Labute approximate surface area is 145 Å². The second-order valence-corrected chi connectivity index (χ2v) is 6.20. The number of hydrogen-bond acceptors (Lipinski definition) is 5. The molecule has 0 spiro atoms. The zero-order chi connectivity index (χ0) is 16.6. The Bertz CT molecular complexity index is 748. The monoisotopic (exact) mass is 343 g/mol. The summed E-state index contributed by atoms with van der Waals surface area (Å²) >= 11 is 1.67. The summed E-state index contributed by atoms with van der Waals surface area (Å²) in [6.07, 6.45) is 2.52. The van der Waals surface area contributed by atoms with Crippen LogP contribution in [0.15, 0.2) is 52.1 Å². The van der Waals surface area contributed by atoms with E-state index in [-0.39, 0.29) is 0 Å². The van der Waals surface area contributed by atoms with Gasteiger partial charge in [-0.25, -0.2) is 4.98 Å². The van der Waals surface area contributed by atoms with E-state index in [0.29, 0.717) is 0 Å². The van der Waals surface area contributed by atoms with Crippen molar-refractivity contribution in [1.29, 1.82) is 0 Å².